The van der Waals surface area contributed by atoms with Crippen LogP contribution < -0.4 is 4.74 Å². The number of hydrogen-bond donors (Lipinski definition) is 0. The van der Waals surface area contributed by atoms with E-state index in [2.05, 4.69) is 16.1 Å². The lowest BCUT2D eigenvalue weighted by molar-refractivity contribution is 0.416. The summed E-state index contributed by atoms with van der Waals surface area (Å²) in [6, 6.07) is 13.7. The highest BCUT2D eigenvalue weighted by molar-refractivity contribution is 7.84. The number of aromatic nitrogens is 3. The van der Waals surface area contributed by atoms with Crippen molar-refractivity contribution >= 4 is 10.8 Å². The Balaban J connectivity index is 2.02. The zero-order chi connectivity index (χ0) is 16.2. The molecule has 6 heteroatoms. The highest BCUT2D eigenvalue weighted by Gasteiger charge is 2.09. The molecule has 1 atom stereocenters. The molecule has 0 saturated carbocycles. The molecule has 0 fully saturated rings. The van der Waals surface area contributed by atoms with Gasteiger partial charge in [-0.1, -0.05) is 18.2 Å². The normalized spacial score (nSPS) is 12.1. The molecule has 1 aromatic heterocycles. The zero-order valence-electron chi connectivity index (χ0n) is 13.0. The van der Waals surface area contributed by atoms with Gasteiger partial charge >= 0.3 is 0 Å². The van der Waals surface area contributed by atoms with E-state index in [1.807, 2.05) is 36.4 Å². The highest BCUT2D eigenvalue weighted by atomic mass is 32.2. The molecule has 0 aliphatic heterocycles. The highest BCUT2D eigenvalue weighted by Crippen LogP contribution is 2.32. The summed E-state index contributed by atoms with van der Waals surface area (Å²) < 4.78 is 19.0. The van der Waals surface area contributed by atoms with Crippen LogP contribution >= 0.6 is 0 Å². The summed E-state index contributed by atoms with van der Waals surface area (Å²) in [7, 11) is 0.634. The van der Waals surface area contributed by atoms with E-state index >= 15 is 0 Å². The number of rotatable bonds is 5. The Hall–Kier alpha value is -2.47. The van der Waals surface area contributed by atoms with Gasteiger partial charge in [0.15, 0.2) is 0 Å². The van der Waals surface area contributed by atoms with Gasteiger partial charge < -0.3 is 4.74 Å². The van der Waals surface area contributed by atoms with Gasteiger partial charge in [0.1, 0.15) is 18.4 Å². The van der Waals surface area contributed by atoms with Crippen molar-refractivity contribution in [1.29, 1.82) is 0 Å². The fourth-order valence-electron chi connectivity index (χ4n) is 2.42. The molecule has 5 nitrogen and oxygen atoms in total. The SMILES string of the molecule is COc1ccc(Cn2cncn2)cc1-c1cccc(S(C)=O)c1. The first-order chi connectivity index (χ1) is 11.2. The van der Waals surface area contributed by atoms with Gasteiger partial charge in [0.05, 0.1) is 13.7 Å². The number of benzene rings is 2. The Morgan fingerprint density at radius 2 is 2.09 bits per heavy atom. The van der Waals surface area contributed by atoms with Gasteiger partial charge in [-0.15, -0.1) is 0 Å². The molecule has 0 amide bonds. The minimum absolute atomic E-state index is 0.635. The second kappa shape index (κ2) is 6.75. The summed E-state index contributed by atoms with van der Waals surface area (Å²) in [5, 5.41) is 4.13. The Kier molecular flexibility index (Phi) is 4.52. The summed E-state index contributed by atoms with van der Waals surface area (Å²) in [6.07, 6.45) is 4.88. The predicted octanol–water partition coefficient (Wildman–Crippen LogP) is 2.74. The van der Waals surface area contributed by atoms with Crippen LogP contribution in [0, 0.1) is 0 Å². The summed E-state index contributed by atoms with van der Waals surface area (Å²) in [6.45, 7) is 0.635. The maximum Gasteiger partial charge on any atom is 0.137 e. The van der Waals surface area contributed by atoms with E-state index in [4.69, 9.17) is 4.74 Å². The number of nitrogens with zero attached hydrogens (tertiary/aromatic N) is 3. The summed E-state index contributed by atoms with van der Waals surface area (Å²) in [5.41, 5.74) is 3.04. The lowest BCUT2D eigenvalue weighted by Crippen LogP contribution is -2.01. The van der Waals surface area contributed by atoms with Crippen LogP contribution in [0.3, 0.4) is 0 Å². The molecule has 0 aliphatic carbocycles. The minimum Gasteiger partial charge on any atom is -0.496 e. The van der Waals surface area contributed by atoms with Gasteiger partial charge in [-0.3, -0.25) is 4.21 Å². The Morgan fingerprint density at radius 1 is 1.22 bits per heavy atom. The summed E-state index contributed by atoms with van der Waals surface area (Å²) >= 11 is 0. The van der Waals surface area contributed by atoms with E-state index < -0.39 is 10.8 Å². The molecule has 1 unspecified atom stereocenters. The number of hydrogen-bond acceptors (Lipinski definition) is 4. The Morgan fingerprint density at radius 3 is 2.78 bits per heavy atom. The minimum atomic E-state index is -1.02. The monoisotopic (exact) mass is 327 g/mol. The van der Waals surface area contributed by atoms with Crippen molar-refractivity contribution in [3.8, 4) is 16.9 Å². The van der Waals surface area contributed by atoms with Crippen molar-refractivity contribution in [2.45, 2.75) is 11.4 Å². The van der Waals surface area contributed by atoms with Crippen LogP contribution in [0.4, 0.5) is 0 Å². The first-order valence-corrected chi connectivity index (χ1v) is 8.66. The molecule has 0 aliphatic rings. The number of ether oxygens (including phenoxy) is 1. The molecule has 0 saturated heterocycles. The first-order valence-electron chi connectivity index (χ1n) is 7.10. The quantitative estimate of drug-likeness (QED) is 0.723. The van der Waals surface area contributed by atoms with Crippen LogP contribution in [-0.4, -0.2) is 32.3 Å². The van der Waals surface area contributed by atoms with Crippen LogP contribution in [0.15, 0.2) is 60.0 Å². The average Bonchev–Trinajstić information content (AvgIpc) is 3.08. The third-order valence-corrected chi connectivity index (χ3v) is 4.47. The molecular weight excluding hydrogens is 310 g/mol. The average molecular weight is 327 g/mol. The molecule has 1 heterocycles. The number of methoxy groups -OCH3 is 1. The summed E-state index contributed by atoms with van der Waals surface area (Å²) in [4.78, 5) is 4.75. The second-order valence-corrected chi connectivity index (χ2v) is 6.49. The van der Waals surface area contributed by atoms with Crippen molar-refractivity contribution in [2.24, 2.45) is 0 Å². The van der Waals surface area contributed by atoms with E-state index in [9.17, 15) is 4.21 Å². The maximum atomic E-state index is 11.7. The lowest BCUT2D eigenvalue weighted by Gasteiger charge is -2.12. The maximum absolute atomic E-state index is 11.7. The van der Waals surface area contributed by atoms with E-state index in [0.29, 0.717) is 6.54 Å². The van der Waals surface area contributed by atoms with Crippen LogP contribution in [-0.2, 0) is 17.3 Å². The van der Waals surface area contributed by atoms with Crippen molar-refractivity contribution < 1.29 is 8.95 Å². The van der Waals surface area contributed by atoms with E-state index in [0.717, 1.165) is 27.3 Å². The largest absolute Gasteiger partial charge is 0.496 e. The zero-order valence-corrected chi connectivity index (χ0v) is 13.8. The molecule has 0 spiro atoms. The second-order valence-electron chi connectivity index (χ2n) is 5.11. The van der Waals surface area contributed by atoms with E-state index in [-0.39, 0.29) is 0 Å². The lowest BCUT2D eigenvalue weighted by atomic mass is 10.0. The van der Waals surface area contributed by atoms with E-state index in [1.165, 1.54) is 6.33 Å². The fourth-order valence-corrected chi connectivity index (χ4v) is 2.99. The topological polar surface area (TPSA) is 57.0 Å². The van der Waals surface area contributed by atoms with Gasteiger partial charge in [-0.05, 0) is 35.4 Å². The molecule has 0 radical (unpaired) electrons. The molecule has 3 aromatic rings. The standard InChI is InChI=1S/C17H17N3O2S/c1-22-17-7-6-13(10-20-12-18-11-19-20)8-16(17)14-4-3-5-15(9-14)23(2)21/h3-9,11-12H,10H2,1-2H3. The van der Waals surface area contributed by atoms with Crippen molar-refractivity contribution in [1.82, 2.24) is 14.8 Å². The molecule has 23 heavy (non-hydrogen) atoms. The molecule has 3 rings (SSSR count). The van der Waals surface area contributed by atoms with Gasteiger partial charge in [0, 0.05) is 27.5 Å². The smallest absolute Gasteiger partial charge is 0.137 e. The fraction of sp³-hybridized carbons (Fsp3) is 0.176. The van der Waals surface area contributed by atoms with Gasteiger partial charge in [0.2, 0.25) is 0 Å². The predicted molar refractivity (Wildman–Crippen MR) is 89.9 cm³/mol. The van der Waals surface area contributed by atoms with Crippen LogP contribution in [0.2, 0.25) is 0 Å². The third kappa shape index (κ3) is 3.48. The van der Waals surface area contributed by atoms with Gasteiger partial charge in [0.25, 0.3) is 0 Å². The van der Waals surface area contributed by atoms with Crippen molar-refractivity contribution in [2.75, 3.05) is 13.4 Å². The molecule has 0 bridgehead atoms. The first kappa shape index (κ1) is 15.4. The summed E-state index contributed by atoms with van der Waals surface area (Å²) in [5.74, 6) is 0.784. The molecule has 2 aromatic carbocycles. The van der Waals surface area contributed by atoms with Gasteiger partial charge in [-0.25, -0.2) is 9.67 Å². The Labute approximate surface area is 137 Å². The van der Waals surface area contributed by atoms with Crippen molar-refractivity contribution in [3.63, 3.8) is 0 Å². The van der Waals surface area contributed by atoms with Gasteiger partial charge in [-0.2, -0.15) is 5.10 Å². The Bertz CT molecular complexity index is 832. The third-order valence-electron chi connectivity index (χ3n) is 3.55. The van der Waals surface area contributed by atoms with E-state index in [1.54, 1.807) is 24.4 Å². The molecule has 0 N–H and O–H groups in total. The van der Waals surface area contributed by atoms with Crippen LogP contribution in [0.5, 0.6) is 5.75 Å². The van der Waals surface area contributed by atoms with Crippen LogP contribution in [0.1, 0.15) is 5.56 Å². The molecular formula is C17H17N3O2S. The van der Waals surface area contributed by atoms with Crippen LogP contribution in [0.25, 0.3) is 11.1 Å². The van der Waals surface area contributed by atoms with Crippen molar-refractivity contribution in [3.05, 3.63) is 60.7 Å². The molecule has 118 valence electrons.